The Balaban J connectivity index is 2.51. The molecule has 0 unspecified atom stereocenters. The Bertz CT molecular complexity index is 785. The summed E-state index contributed by atoms with van der Waals surface area (Å²) in [6.07, 6.45) is 0.979. The van der Waals surface area contributed by atoms with Crippen molar-refractivity contribution in [1.29, 1.82) is 0 Å². The highest BCUT2D eigenvalue weighted by Crippen LogP contribution is 2.50. The minimum absolute atomic E-state index is 0.0514. The van der Waals surface area contributed by atoms with E-state index in [1.165, 1.54) is 0 Å². The van der Waals surface area contributed by atoms with Crippen molar-refractivity contribution in [3.8, 4) is 22.8 Å². The maximum Gasteiger partial charge on any atom is 0.245 e. The summed E-state index contributed by atoms with van der Waals surface area (Å²) in [4.78, 5) is 12.1. The fourth-order valence-electron chi connectivity index (χ4n) is 2.19. The van der Waals surface area contributed by atoms with E-state index in [4.69, 9.17) is 32.0 Å². The molecule has 0 fully saturated rings. The Kier molecular flexibility index (Phi) is 7.07. The molecule has 0 aliphatic heterocycles. The predicted octanol–water partition coefficient (Wildman–Crippen LogP) is 6.29. The van der Waals surface area contributed by atoms with E-state index in [1.54, 1.807) is 18.2 Å². The molecule has 2 rings (SSSR count). The number of benzene rings is 1. The van der Waals surface area contributed by atoms with Gasteiger partial charge in [0.2, 0.25) is 31.6 Å². The third-order valence-corrected chi connectivity index (χ3v) is 5.24. The highest BCUT2D eigenvalue weighted by atomic mass is 79.9. The summed E-state index contributed by atoms with van der Waals surface area (Å²) < 4.78 is 11.7. The third kappa shape index (κ3) is 5.19. The van der Waals surface area contributed by atoms with E-state index in [2.05, 4.69) is 21.2 Å². The number of hydrogen-bond acceptors (Lipinski definition) is 4. The van der Waals surface area contributed by atoms with Gasteiger partial charge < -0.3 is 13.9 Å². The van der Waals surface area contributed by atoms with Crippen LogP contribution in [0.15, 0.2) is 22.6 Å². The number of furan rings is 1. The number of hydrogen-bond donors (Lipinski definition) is 2. The Morgan fingerprint density at radius 3 is 2.46 bits per heavy atom. The van der Waals surface area contributed by atoms with E-state index < -0.39 is 8.32 Å². The normalized spacial score (nSPS) is 11.5. The van der Waals surface area contributed by atoms with Crippen molar-refractivity contribution in [1.82, 2.24) is 0 Å². The lowest BCUT2D eigenvalue weighted by molar-refractivity contribution is -0.116. The first-order valence-corrected chi connectivity index (χ1v) is 13.3. The molecule has 0 spiro atoms. The standard InChI is InChI=1S/C17H20BrCl2NO4Si/c1-26(2,3)25-16-14(23)15(13-10(19)6-4-7-11(13)20)24-17(16)21-12(22)8-5-9-18/h4,6-7,23H,5,8-9H2,1-3H3,(H,21,22). The van der Waals surface area contributed by atoms with Crippen LogP contribution in [0, 0.1) is 0 Å². The third-order valence-electron chi connectivity index (χ3n) is 3.23. The summed E-state index contributed by atoms with van der Waals surface area (Å²) in [6.45, 7) is 5.87. The zero-order chi connectivity index (χ0) is 19.5. The summed E-state index contributed by atoms with van der Waals surface area (Å²) in [5.41, 5.74) is 0.342. The van der Waals surface area contributed by atoms with Crippen LogP contribution in [0.25, 0.3) is 11.3 Å². The molecule has 5 nitrogen and oxygen atoms in total. The summed E-state index contributed by atoms with van der Waals surface area (Å²) in [6, 6.07) is 4.96. The monoisotopic (exact) mass is 479 g/mol. The van der Waals surface area contributed by atoms with Crippen molar-refractivity contribution < 1.29 is 18.7 Å². The number of halogens is 3. The molecule has 0 saturated carbocycles. The molecule has 0 radical (unpaired) electrons. The second-order valence-electron chi connectivity index (χ2n) is 6.59. The largest absolute Gasteiger partial charge is 0.538 e. The lowest BCUT2D eigenvalue weighted by Gasteiger charge is -2.18. The quantitative estimate of drug-likeness (QED) is 0.361. The number of rotatable bonds is 7. The summed E-state index contributed by atoms with van der Waals surface area (Å²) >= 11 is 15.7. The van der Waals surface area contributed by atoms with Crippen LogP contribution in [0.2, 0.25) is 29.7 Å². The van der Waals surface area contributed by atoms with Crippen molar-refractivity contribution >= 4 is 59.2 Å². The number of aromatic hydroxyl groups is 1. The van der Waals surface area contributed by atoms with Gasteiger partial charge in [0.1, 0.15) is 0 Å². The molecule has 1 amide bonds. The lowest BCUT2D eigenvalue weighted by atomic mass is 10.1. The van der Waals surface area contributed by atoms with Gasteiger partial charge in [0.05, 0.1) is 15.6 Å². The van der Waals surface area contributed by atoms with E-state index in [-0.39, 0.29) is 29.1 Å². The van der Waals surface area contributed by atoms with E-state index in [1.807, 2.05) is 19.6 Å². The van der Waals surface area contributed by atoms with Gasteiger partial charge in [-0.2, -0.15) is 0 Å². The molecule has 0 aliphatic carbocycles. The number of carbonyl (C=O) groups is 1. The molecule has 2 aromatic rings. The number of anilines is 1. The van der Waals surface area contributed by atoms with Crippen LogP contribution in [0.5, 0.6) is 11.5 Å². The minimum Gasteiger partial charge on any atom is -0.538 e. The first-order valence-electron chi connectivity index (χ1n) is 7.99. The van der Waals surface area contributed by atoms with Crippen LogP contribution in [-0.4, -0.2) is 24.7 Å². The highest BCUT2D eigenvalue weighted by molar-refractivity contribution is 9.09. The van der Waals surface area contributed by atoms with Crippen LogP contribution in [0.4, 0.5) is 5.88 Å². The van der Waals surface area contributed by atoms with Crippen LogP contribution in [0.1, 0.15) is 12.8 Å². The van der Waals surface area contributed by atoms with Gasteiger partial charge in [-0.3, -0.25) is 10.1 Å². The summed E-state index contributed by atoms with van der Waals surface area (Å²) in [5, 5.41) is 14.7. The average Bonchev–Trinajstić information content (AvgIpc) is 2.80. The highest BCUT2D eigenvalue weighted by Gasteiger charge is 2.30. The van der Waals surface area contributed by atoms with E-state index in [9.17, 15) is 9.90 Å². The first-order chi connectivity index (χ1) is 12.1. The molecule has 0 saturated heterocycles. The number of amides is 1. The molecule has 0 atom stereocenters. The number of nitrogens with one attached hydrogen (secondary N) is 1. The molecule has 9 heteroatoms. The Labute approximate surface area is 171 Å². The van der Waals surface area contributed by atoms with Crippen LogP contribution in [0.3, 0.4) is 0 Å². The maximum atomic E-state index is 12.1. The zero-order valence-corrected chi connectivity index (χ0v) is 18.8. The Hall–Kier alpha value is -1.15. The minimum atomic E-state index is -2.10. The van der Waals surface area contributed by atoms with Crippen LogP contribution < -0.4 is 9.74 Å². The molecule has 1 aromatic heterocycles. The van der Waals surface area contributed by atoms with Gasteiger partial charge in [-0.05, 0) is 38.2 Å². The van der Waals surface area contributed by atoms with Crippen molar-refractivity contribution in [3.05, 3.63) is 28.2 Å². The molecule has 142 valence electrons. The summed E-state index contributed by atoms with van der Waals surface area (Å²) in [7, 11) is -2.10. The molecule has 0 aliphatic rings. The molecule has 1 aromatic carbocycles. The van der Waals surface area contributed by atoms with Crippen molar-refractivity contribution in [2.75, 3.05) is 10.6 Å². The predicted molar refractivity (Wildman–Crippen MR) is 111 cm³/mol. The Morgan fingerprint density at radius 1 is 1.31 bits per heavy atom. The first kappa shape index (κ1) is 21.2. The van der Waals surface area contributed by atoms with Crippen molar-refractivity contribution in [3.63, 3.8) is 0 Å². The smallest absolute Gasteiger partial charge is 0.245 e. The van der Waals surface area contributed by atoms with Gasteiger partial charge in [0, 0.05) is 11.8 Å². The molecule has 0 bridgehead atoms. The van der Waals surface area contributed by atoms with Gasteiger partial charge in [-0.25, -0.2) is 0 Å². The van der Waals surface area contributed by atoms with E-state index in [0.29, 0.717) is 33.8 Å². The molecular formula is C17H20BrCl2NO4Si. The fourth-order valence-corrected chi connectivity index (χ4v) is 3.84. The van der Waals surface area contributed by atoms with Crippen LogP contribution in [-0.2, 0) is 4.79 Å². The molecular weight excluding hydrogens is 461 g/mol. The van der Waals surface area contributed by atoms with E-state index in [0.717, 1.165) is 0 Å². The number of alkyl halides is 1. The fraction of sp³-hybridized carbons (Fsp3) is 0.353. The van der Waals surface area contributed by atoms with Crippen molar-refractivity contribution in [2.45, 2.75) is 32.5 Å². The van der Waals surface area contributed by atoms with E-state index >= 15 is 0 Å². The van der Waals surface area contributed by atoms with Crippen LogP contribution >= 0.6 is 39.1 Å². The molecule has 2 N–H and O–H groups in total. The van der Waals surface area contributed by atoms with Crippen molar-refractivity contribution in [2.24, 2.45) is 0 Å². The average molecular weight is 481 g/mol. The second-order valence-corrected chi connectivity index (χ2v) is 12.6. The SMILES string of the molecule is C[Si](C)(C)Oc1c(NC(=O)CCCBr)oc(-c2c(Cl)cccc2Cl)c1O. The van der Waals surface area contributed by atoms with Gasteiger partial charge >= 0.3 is 0 Å². The van der Waals surface area contributed by atoms with Gasteiger partial charge in [-0.1, -0.05) is 45.2 Å². The number of carbonyl (C=O) groups excluding carboxylic acids is 1. The topological polar surface area (TPSA) is 71.7 Å². The lowest BCUT2D eigenvalue weighted by Crippen LogP contribution is -2.29. The van der Waals surface area contributed by atoms with Gasteiger partial charge in [-0.15, -0.1) is 0 Å². The zero-order valence-electron chi connectivity index (χ0n) is 14.7. The van der Waals surface area contributed by atoms with Gasteiger partial charge in [0.25, 0.3) is 0 Å². The Morgan fingerprint density at radius 2 is 1.92 bits per heavy atom. The molecule has 1 heterocycles. The maximum absolute atomic E-state index is 12.1. The summed E-state index contributed by atoms with van der Waals surface area (Å²) in [5.74, 6) is -0.267. The second kappa shape index (κ2) is 8.69. The van der Waals surface area contributed by atoms with Gasteiger partial charge in [0.15, 0.2) is 5.76 Å². The molecule has 26 heavy (non-hydrogen) atoms.